The number of halogens is 2. The summed E-state index contributed by atoms with van der Waals surface area (Å²) in [4.78, 5) is 6.99. The van der Waals surface area contributed by atoms with Crippen molar-refractivity contribution in [2.75, 3.05) is 6.79 Å². The van der Waals surface area contributed by atoms with E-state index in [0.29, 0.717) is 10.0 Å². The number of hydrogen-bond donors (Lipinski definition) is 2. The number of benzene rings is 3. The van der Waals surface area contributed by atoms with E-state index in [1.165, 1.54) is 0 Å². The van der Waals surface area contributed by atoms with Crippen LogP contribution in [0.1, 0.15) is 0 Å². The Balaban J connectivity index is 1.95. The van der Waals surface area contributed by atoms with Gasteiger partial charge in [-0.15, -0.1) is 0 Å². The molecule has 0 fully saturated rings. The molecule has 0 bridgehead atoms. The van der Waals surface area contributed by atoms with E-state index in [1.807, 2.05) is 36.4 Å². The van der Waals surface area contributed by atoms with Gasteiger partial charge in [-0.1, -0.05) is 23.2 Å². The second-order valence-electron chi connectivity index (χ2n) is 6.19. The summed E-state index contributed by atoms with van der Waals surface area (Å²) in [5.41, 5.74) is 3.95. The molecule has 0 spiro atoms. The van der Waals surface area contributed by atoms with Gasteiger partial charge in [0.25, 0.3) is 0 Å². The van der Waals surface area contributed by atoms with Crippen molar-refractivity contribution in [2.24, 2.45) is 0 Å². The third-order valence-electron chi connectivity index (χ3n) is 4.84. The molecule has 2 aromatic heterocycles. The quantitative estimate of drug-likeness (QED) is 0.352. The van der Waals surface area contributed by atoms with Gasteiger partial charge in [-0.25, -0.2) is 0 Å². The number of ether oxygens (including phenoxy) is 2. The molecule has 5 aromatic rings. The lowest BCUT2D eigenvalue weighted by atomic mass is 10.1. The standard InChI is InChI=1S/C19H10Cl2N2O2/c20-8-1-3-12-10(5-8)14-16(22-12)17-15(19-18(14)24-7-25-19)11-6-9(21)2-4-13(11)23-17/h1-6,22-23H,7H2. The highest BCUT2D eigenvalue weighted by Gasteiger charge is 2.27. The van der Waals surface area contributed by atoms with Crippen LogP contribution >= 0.6 is 23.2 Å². The van der Waals surface area contributed by atoms with Crippen molar-refractivity contribution in [2.45, 2.75) is 0 Å². The molecule has 0 atom stereocenters. The molecule has 6 heteroatoms. The molecule has 0 unspecified atom stereocenters. The average molecular weight is 369 g/mol. The Morgan fingerprint density at radius 1 is 0.720 bits per heavy atom. The van der Waals surface area contributed by atoms with Gasteiger partial charge in [0.05, 0.1) is 21.8 Å². The van der Waals surface area contributed by atoms with Crippen LogP contribution in [0.3, 0.4) is 0 Å². The van der Waals surface area contributed by atoms with Crippen molar-refractivity contribution in [3.8, 4) is 11.5 Å². The van der Waals surface area contributed by atoms with Crippen molar-refractivity contribution in [3.63, 3.8) is 0 Å². The largest absolute Gasteiger partial charge is 0.453 e. The lowest BCUT2D eigenvalue weighted by Gasteiger charge is -2.02. The number of hydrogen-bond acceptors (Lipinski definition) is 2. The van der Waals surface area contributed by atoms with Gasteiger partial charge >= 0.3 is 0 Å². The summed E-state index contributed by atoms with van der Waals surface area (Å²) in [5.74, 6) is 1.49. The minimum absolute atomic E-state index is 0.198. The summed E-state index contributed by atoms with van der Waals surface area (Å²) in [5, 5.41) is 5.37. The monoisotopic (exact) mass is 368 g/mol. The summed E-state index contributed by atoms with van der Waals surface area (Å²) in [6.45, 7) is 0.198. The summed E-state index contributed by atoms with van der Waals surface area (Å²) in [6.07, 6.45) is 0. The fourth-order valence-corrected chi connectivity index (χ4v) is 4.17. The van der Waals surface area contributed by atoms with Crippen LogP contribution in [0.4, 0.5) is 0 Å². The van der Waals surface area contributed by atoms with Crippen LogP contribution in [0, 0.1) is 0 Å². The fraction of sp³-hybridized carbons (Fsp3) is 0.0526. The molecule has 1 aliphatic heterocycles. The van der Waals surface area contributed by atoms with E-state index in [2.05, 4.69) is 9.97 Å². The smallest absolute Gasteiger partial charge is 0.231 e. The third kappa shape index (κ3) is 1.68. The third-order valence-corrected chi connectivity index (χ3v) is 5.31. The van der Waals surface area contributed by atoms with Crippen molar-refractivity contribution in [3.05, 3.63) is 46.4 Å². The molecule has 0 amide bonds. The van der Waals surface area contributed by atoms with Crippen LogP contribution in [-0.4, -0.2) is 16.8 Å². The Bertz CT molecular complexity index is 1250. The number of rotatable bonds is 0. The normalized spacial score (nSPS) is 13.7. The zero-order valence-corrected chi connectivity index (χ0v) is 14.3. The molecule has 25 heavy (non-hydrogen) atoms. The molecular weight excluding hydrogens is 359 g/mol. The Hall–Kier alpha value is -2.56. The molecule has 6 rings (SSSR count). The van der Waals surface area contributed by atoms with E-state index in [-0.39, 0.29) is 6.79 Å². The maximum absolute atomic E-state index is 6.22. The molecule has 0 saturated carbocycles. The Morgan fingerprint density at radius 2 is 1.20 bits per heavy atom. The molecule has 0 saturated heterocycles. The highest BCUT2D eigenvalue weighted by atomic mass is 35.5. The van der Waals surface area contributed by atoms with E-state index in [1.54, 1.807) is 0 Å². The summed E-state index contributed by atoms with van der Waals surface area (Å²) < 4.78 is 11.7. The summed E-state index contributed by atoms with van der Waals surface area (Å²) in [6, 6.07) is 11.6. The first-order valence-electron chi connectivity index (χ1n) is 7.84. The molecular formula is C19H10Cl2N2O2. The first-order valence-corrected chi connectivity index (χ1v) is 8.60. The van der Waals surface area contributed by atoms with Crippen LogP contribution in [0.5, 0.6) is 11.5 Å². The second kappa shape index (κ2) is 4.54. The SMILES string of the molecule is Clc1ccc2[nH]c3c4[nH]c5ccc(Cl)cc5c4c4c(c3c2c1)OCO4. The van der Waals surface area contributed by atoms with E-state index in [0.717, 1.165) is 55.1 Å². The van der Waals surface area contributed by atoms with E-state index >= 15 is 0 Å². The van der Waals surface area contributed by atoms with Crippen LogP contribution < -0.4 is 9.47 Å². The molecule has 2 N–H and O–H groups in total. The first kappa shape index (κ1) is 13.7. The van der Waals surface area contributed by atoms with E-state index in [9.17, 15) is 0 Å². The topological polar surface area (TPSA) is 50.0 Å². The fourth-order valence-electron chi connectivity index (χ4n) is 3.82. The maximum Gasteiger partial charge on any atom is 0.231 e. The van der Waals surface area contributed by atoms with Gasteiger partial charge in [0.15, 0.2) is 11.5 Å². The van der Waals surface area contributed by atoms with Crippen LogP contribution in [0.2, 0.25) is 10.0 Å². The predicted molar refractivity (Wildman–Crippen MR) is 101 cm³/mol. The number of aromatic amines is 2. The number of fused-ring (bicyclic) bond motifs is 10. The van der Waals surface area contributed by atoms with Crippen LogP contribution in [-0.2, 0) is 0 Å². The molecule has 0 radical (unpaired) electrons. The van der Waals surface area contributed by atoms with E-state index in [4.69, 9.17) is 32.7 Å². The lowest BCUT2D eigenvalue weighted by molar-refractivity contribution is 0.176. The zero-order valence-electron chi connectivity index (χ0n) is 12.7. The van der Waals surface area contributed by atoms with Crippen LogP contribution in [0.25, 0.3) is 43.6 Å². The number of nitrogens with one attached hydrogen (secondary N) is 2. The second-order valence-corrected chi connectivity index (χ2v) is 7.07. The summed E-state index contributed by atoms with van der Waals surface area (Å²) in [7, 11) is 0. The van der Waals surface area contributed by atoms with Gasteiger partial charge in [0, 0.05) is 31.9 Å². The Morgan fingerprint density at radius 3 is 1.68 bits per heavy atom. The van der Waals surface area contributed by atoms with Gasteiger partial charge in [-0.05, 0) is 36.4 Å². The van der Waals surface area contributed by atoms with Gasteiger partial charge < -0.3 is 19.4 Å². The molecule has 3 aromatic carbocycles. The van der Waals surface area contributed by atoms with Crippen molar-refractivity contribution < 1.29 is 9.47 Å². The predicted octanol–water partition coefficient (Wildman–Crippen LogP) is 5.99. The van der Waals surface area contributed by atoms with E-state index < -0.39 is 0 Å². The molecule has 122 valence electrons. The highest BCUT2D eigenvalue weighted by molar-refractivity contribution is 6.34. The van der Waals surface area contributed by atoms with Crippen molar-refractivity contribution >= 4 is 66.8 Å². The van der Waals surface area contributed by atoms with Gasteiger partial charge in [0.2, 0.25) is 6.79 Å². The van der Waals surface area contributed by atoms with Gasteiger partial charge in [-0.3, -0.25) is 0 Å². The average Bonchev–Trinajstić information content (AvgIpc) is 3.27. The molecule has 3 heterocycles. The Kier molecular flexibility index (Phi) is 2.49. The lowest BCUT2D eigenvalue weighted by Crippen LogP contribution is -1.93. The van der Waals surface area contributed by atoms with Gasteiger partial charge in [0.1, 0.15) is 0 Å². The number of aromatic nitrogens is 2. The maximum atomic E-state index is 6.22. The molecule has 0 aliphatic carbocycles. The molecule has 1 aliphatic rings. The summed E-state index contributed by atoms with van der Waals surface area (Å²) >= 11 is 12.4. The molecule has 4 nitrogen and oxygen atoms in total. The minimum Gasteiger partial charge on any atom is -0.453 e. The first-order chi connectivity index (χ1) is 12.2. The van der Waals surface area contributed by atoms with Crippen molar-refractivity contribution in [1.82, 2.24) is 9.97 Å². The minimum atomic E-state index is 0.198. The van der Waals surface area contributed by atoms with Gasteiger partial charge in [-0.2, -0.15) is 0 Å². The Labute approximate surface area is 151 Å². The zero-order chi connectivity index (χ0) is 16.7. The van der Waals surface area contributed by atoms with Crippen molar-refractivity contribution in [1.29, 1.82) is 0 Å². The highest BCUT2D eigenvalue weighted by Crippen LogP contribution is 2.51. The van der Waals surface area contributed by atoms with Crippen LogP contribution in [0.15, 0.2) is 36.4 Å². The number of H-pyrrole nitrogens is 2.